The van der Waals surface area contributed by atoms with Crippen LogP contribution in [0.2, 0.25) is 5.02 Å². The van der Waals surface area contributed by atoms with Crippen LogP contribution in [0.4, 0.5) is 13.2 Å². The van der Waals surface area contributed by atoms with Crippen molar-refractivity contribution in [3.63, 3.8) is 0 Å². The Kier molecular flexibility index (Phi) is 9.53. The van der Waals surface area contributed by atoms with Gasteiger partial charge in [-0.25, -0.2) is 0 Å². The summed E-state index contributed by atoms with van der Waals surface area (Å²) in [6, 6.07) is 19.3. The molecule has 0 saturated carbocycles. The lowest BCUT2D eigenvalue weighted by atomic mass is 10.1. The van der Waals surface area contributed by atoms with Crippen molar-refractivity contribution in [2.75, 3.05) is 19.6 Å². The minimum Gasteiger partial charge on any atom is -0.361 e. The molecule has 0 aliphatic carbocycles. The van der Waals surface area contributed by atoms with Gasteiger partial charge in [-0.05, 0) is 60.4 Å². The molecule has 9 heteroatoms. The van der Waals surface area contributed by atoms with Gasteiger partial charge >= 0.3 is 6.18 Å². The molecule has 1 N–H and O–H groups in total. The number of benzene rings is 3. The fourth-order valence-electron chi connectivity index (χ4n) is 4.57. The van der Waals surface area contributed by atoms with Crippen LogP contribution in [0.25, 0.3) is 10.9 Å². The van der Waals surface area contributed by atoms with E-state index in [1.807, 2.05) is 37.4 Å². The molecule has 0 saturated heterocycles. The third-order valence-corrected chi connectivity index (χ3v) is 7.03. The molecule has 0 bridgehead atoms. The second-order valence-corrected chi connectivity index (χ2v) is 10.1. The molecule has 3 aromatic carbocycles. The second-order valence-electron chi connectivity index (χ2n) is 9.71. The van der Waals surface area contributed by atoms with Crippen molar-refractivity contribution < 1.29 is 22.8 Å². The number of aromatic amines is 1. The minimum atomic E-state index is -4.44. The van der Waals surface area contributed by atoms with Crippen LogP contribution in [-0.2, 0) is 23.9 Å². The quantitative estimate of drug-likeness (QED) is 0.205. The highest BCUT2D eigenvalue weighted by atomic mass is 35.5. The van der Waals surface area contributed by atoms with E-state index in [-0.39, 0.29) is 24.9 Å². The number of unbranched alkanes of at least 4 members (excludes halogenated alkanes) is 1. The third-order valence-electron chi connectivity index (χ3n) is 6.80. The van der Waals surface area contributed by atoms with Crippen molar-refractivity contribution in [3.8, 4) is 0 Å². The predicted molar refractivity (Wildman–Crippen MR) is 151 cm³/mol. The summed E-state index contributed by atoms with van der Waals surface area (Å²) in [7, 11) is 0. The summed E-state index contributed by atoms with van der Waals surface area (Å²) in [6.07, 6.45) is -0.448. The summed E-state index contributed by atoms with van der Waals surface area (Å²) >= 11 is 6.10. The summed E-state index contributed by atoms with van der Waals surface area (Å²) < 4.78 is 39.3. The Balaban J connectivity index is 1.56. The zero-order chi connectivity index (χ0) is 28.7. The molecular weight excluding hydrogens is 539 g/mol. The molecule has 1 aromatic heterocycles. The largest absolute Gasteiger partial charge is 0.416 e. The van der Waals surface area contributed by atoms with Gasteiger partial charge in [0.2, 0.25) is 5.91 Å². The number of hydrogen-bond acceptors (Lipinski definition) is 2. The molecule has 40 heavy (non-hydrogen) atoms. The number of nitrogens with zero attached hydrogens (tertiary/aromatic N) is 2. The van der Waals surface area contributed by atoms with Crippen molar-refractivity contribution in [3.05, 3.63) is 106 Å². The number of halogens is 4. The van der Waals surface area contributed by atoms with Crippen LogP contribution >= 0.6 is 11.6 Å². The van der Waals surface area contributed by atoms with Crippen molar-refractivity contribution in [2.24, 2.45) is 0 Å². The molecular formula is C31H31ClF3N3O2. The molecule has 0 spiro atoms. The van der Waals surface area contributed by atoms with E-state index >= 15 is 0 Å². The lowest BCUT2D eigenvalue weighted by molar-refractivity contribution is -0.137. The van der Waals surface area contributed by atoms with E-state index in [1.54, 1.807) is 29.2 Å². The average Bonchev–Trinajstić information content (AvgIpc) is 3.35. The second kappa shape index (κ2) is 13.0. The highest BCUT2D eigenvalue weighted by Gasteiger charge is 2.30. The summed E-state index contributed by atoms with van der Waals surface area (Å²) in [4.78, 5) is 33.4. The number of para-hydroxylation sites is 1. The first-order chi connectivity index (χ1) is 19.2. The van der Waals surface area contributed by atoms with Crippen molar-refractivity contribution >= 4 is 34.3 Å². The Bertz CT molecular complexity index is 1450. The minimum absolute atomic E-state index is 0.117. The predicted octanol–water partition coefficient (Wildman–Crippen LogP) is 7.35. The average molecular weight is 570 g/mol. The first-order valence-electron chi connectivity index (χ1n) is 13.2. The van der Waals surface area contributed by atoms with E-state index in [4.69, 9.17) is 11.6 Å². The number of hydrogen-bond donors (Lipinski definition) is 1. The van der Waals surface area contributed by atoms with Gasteiger partial charge in [-0.1, -0.05) is 61.3 Å². The molecule has 2 amide bonds. The summed E-state index contributed by atoms with van der Waals surface area (Å²) in [5, 5.41) is 1.47. The molecule has 210 valence electrons. The van der Waals surface area contributed by atoms with Crippen LogP contribution in [0.1, 0.15) is 46.8 Å². The van der Waals surface area contributed by atoms with Crippen LogP contribution < -0.4 is 0 Å². The lowest BCUT2D eigenvalue weighted by Crippen LogP contribution is -2.43. The van der Waals surface area contributed by atoms with Crippen LogP contribution in [-0.4, -0.2) is 46.2 Å². The van der Waals surface area contributed by atoms with E-state index in [9.17, 15) is 22.8 Å². The molecule has 4 aromatic rings. The molecule has 0 fully saturated rings. The molecule has 4 rings (SSSR count). The van der Waals surface area contributed by atoms with Gasteiger partial charge in [-0.3, -0.25) is 9.59 Å². The number of nitrogens with one attached hydrogen (secondary N) is 1. The number of amides is 2. The number of alkyl halides is 3. The first-order valence-corrected chi connectivity index (χ1v) is 13.6. The fourth-order valence-corrected chi connectivity index (χ4v) is 4.76. The van der Waals surface area contributed by atoms with Crippen LogP contribution in [0.3, 0.4) is 0 Å². The smallest absolute Gasteiger partial charge is 0.361 e. The molecule has 1 heterocycles. The van der Waals surface area contributed by atoms with Crippen LogP contribution in [0.5, 0.6) is 0 Å². The normalized spacial score (nSPS) is 11.5. The van der Waals surface area contributed by atoms with Gasteiger partial charge in [0.1, 0.15) is 6.54 Å². The molecule has 0 aliphatic heterocycles. The number of aromatic nitrogens is 1. The SMILES string of the molecule is CCCCN(CC(=O)N(CCc1c[nH]c2ccccc12)Cc1ccc(C(F)(F)F)cc1)C(=O)c1cccc(Cl)c1. The molecule has 0 atom stereocenters. The summed E-state index contributed by atoms with van der Waals surface area (Å²) in [5.74, 6) is -0.582. The first kappa shape index (κ1) is 29.2. The third kappa shape index (κ3) is 7.45. The topological polar surface area (TPSA) is 56.4 Å². The van der Waals surface area contributed by atoms with Gasteiger partial charge in [0.15, 0.2) is 0 Å². The maximum Gasteiger partial charge on any atom is 0.416 e. The molecule has 5 nitrogen and oxygen atoms in total. The van der Waals surface area contributed by atoms with Gasteiger partial charge in [-0.2, -0.15) is 13.2 Å². The number of carbonyl (C=O) groups is 2. The van der Waals surface area contributed by atoms with Crippen LogP contribution in [0, 0.1) is 0 Å². The van der Waals surface area contributed by atoms with Crippen molar-refractivity contribution in [2.45, 2.75) is 38.9 Å². The lowest BCUT2D eigenvalue weighted by Gasteiger charge is -2.28. The summed E-state index contributed by atoms with van der Waals surface area (Å²) in [6.45, 7) is 2.69. The van der Waals surface area contributed by atoms with E-state index in [1.165, 1.54) is 17.0 Å². The molecule has 0 unspecified atom stereocenters. The van der Waals surface area contributed by atoms with E-state index in [2.05, 4.69) is 4.98 Å². The maximum absolute atomic E-state index is 13.7. The van der Waals surface area contributed by atoms with E-state index in [0.29, 0.717) is 42.1 Å². The highest BCUT2D eigenvalue weighted by Crippen LogP contribution is 2.29. The Labute approximate surface area is 236 Å². The van der Waals surface area contributed by atoms with E-state index < -0.39 is 11.7 Å². The van der Waals surface area contributed by atoms with Crippen molar-refractivity contribution in [1.82, 2.24) is 14.8 Å². The molecule has 0 aliphatic rings. The zero-order valence-electron chi connectivity index (χ0n) is 22.2. The standard InChI is InChI=1S/C31H31ClF3N3O2/c1-2-3-16-38(30(40)23-7-6-8-26(32)18-23)21-29(39)37(20-22-11-13-25(14-12-22)31(33,34)35)17-15-24-19-36-28-10-5-4-9-27(24)28/h4-14,18-19,36H,2-3,15-17,20-21H2,1H3. The summed E-state index contributed by atoms with van der Waals surface area (Å²) in [5.41, 5.74) is 2.23. The van der Waals surface area contributed by atoms with Crippen molar-refractivity contribution in [1.29, 1.82) is 0 Å². The van der Waals surface area contributed by atoms with Gasteiger partial charge in [0.25, 0.3) is 5.91 Å². The van der Waals surface area contributed by atoms with Gasteiger partial charge < -0.3 is 14.8 Å². The van der Waals surface area contributed by atoms with Crippen LogP contribution in [0.15, 0.2) is 79.0 Å². The fraction of sp³-hybridized carbons (Fsp3) is 0.290. The van der Waals surface area contributed by atoms with Gasteiger partial charge in [0, 0.05) is 47.3 Å². The molecule has 0 radical (unpaired) electrons. The number of fused-ring (bicyclic) bond motifs is 1. The van der Waals surface area contributed by atoms with Gasteiger partial charge in [-0.15, -0.1) is 0 Å². The highest BCUT2D eigenvalue weighted by molar-refractivity contribution is 6.31. The van der Waals surface area contributed by atoms with E-state index in [0.717, 1.165) is 35.0 Å². The Morgan fingerprint density at radius 1 is 0.925 bits per heavy atom. The Morgan fingerprint density at radius 3 is 2.38 bits per heavy atom. The Morgan fingerprint density at radius 2 is 1.68 bits per heavy atom. The number of rotatable bonds is 11. The van der Waals surface area contributed by atoms with Gasteiger partial charge in [0.05, 0.1) is 5.56 Å². The zero-order valence-corrected chi connectivity index (χ0v) is 22.9. The maximum atomic E-state index is 13.7. The number of carbonyl (C=O) groups excluding carboxylic acids is 2. The Hall–Kier alpha value is -3.78. The monoisotopic (exact) mass is 569 g/mol. The number of H-pyrrole nitrogens is 1.